The average molecular weight is 320 g/mol. The number of benzene rings is 2. The summed E-state index contributed by atoms with van der Waals surface area (Å²) in [6.45, 7) is 2.98. The highest BCUT2D eigenvalue weighted by molar-refractivity contribution is 5.83. The molecule has 24 heavy (non-hydrogen) atoms. The number of nitrogens with zero attached hydrogens (tertiary/aromatic N) is 1. The maximum absolute atomic E-state index is 4.32. The first-order chi connectivity index (χ1) is 11.8. The lowest BCUT2D eigenvalue weighted by Gasteiger charge is -2.18. The number of para-hydroxylation sites is 1. The third-order valence-corrected chi connectivity index (χ3v) is 4.24. The van der Waals surface area contributed by atoms with Gasteiger partial charge in [-0.2, -0.15) is 0 Å². The summed E-state index contributed by atoms with van der Waals surface area (Å²) < 4.78 is 0. The summed E-state index contributed by atoms with van der Waals surface area (Å²) in [7, 11) is 1.80. The Hall–Kier alpha value is -2.75. The zero-order chi connectivity index (χ0) is 16.8. The first-order valence-corrected chi connectivity index (χ1v) is 8.35. The third-order valence-electron chi connectivity index (χ3n) is 4.24. The molecule has 1 heterocycles. The molecule has 0 saturated carbocycles. The summed E-state index contributed by atoms with van der Waals surface area (Å²) in [4.78, 5) is 7.64. The van der Waals surface area contributed by atoms with Gasteiger partial charge in [0.25, 0.3) is 0 Å². The lowest BCUT2D eigenvalue weighted by molar-refractivity contribution is 0.684. The number of hydrogen-bond donors (Lipinski definition) is 3. The highest BCUT2D eigenvalue weighted by Gasteiger charge is 2.07. The molecule has 1 aromatic heterocycles. The second-order valence-electron chi connectivity index (χ2n) is 5.89. The molecule has 124 valence electrons. The highest BCUT2D eigenvalue weighted by Crippen LogP contribution is 2.17. The molecule has 1 atom stereocenters. The van der Waals surface area contributed by atoms with Crippen molar-refractivity contribution in [3.63, 3.8) is 0 Å². The summed E-state index contributed by atoms with van der Waals surface area (Å²) in [5, 5.41) is 8.12. The van der Waals surface area contributed by atoms with Crippen molar-refractivity contribution in [1.29, 1.82) is 0 Å². The zero-order valence-corrected chi connectivity index (χ0v) is 14.2. The molecule has 0 aliphatic heterocycles. The van der Waals surface area contributed by atoms with Crippen LogP contribution < -0.4 is 10.6 Å². The molecule has 0 spiro atoms. The third kappa shape index (κ3) is 3.77. The van der Waals surface area contributed by atoms with Crippen molar-refractivity contribution in [3.8, 4) is 0 Å². The van der Waals surface area contributed by atoms with E-state index in [9.17, 15) is 0 Å². The van der Waals surface area contributed by atoms with Crippen LogP contribution in [0.1, 0.15) is 24.1 Å². The van der Waals surface area contributed by atoms with Gasteiger partial charge < -0.3 is 15.6 Å². The Bertz CT molecular complexity index is 805. The van der Waals surface area contributed by atoms with Gasteiger partial charge in [-0.3, -0.25) is 4.99 Å². The van der Waals surface area contributed by atoms with Crippen LogP contribution in [0.2, 0.25) is 0 Å². The number of rotatable bonds is 5. The van der Waals surface area contributed by atoms with E-state index < -0.39 is 0 Å². The smallest absolute Gasteiger partial charge is 0.191 e. The molecule has 0 fully saturated rings. The number of aromatic amines is 1. The van der Waals surface area contributed by atoms with Crippen LogP contribution in [0, 0.1) is 0 Å². The Morgan fingerprint density at radius 1 is 1.08 bits per heavy atom. The molecule has 2 aromatic carbocycles. The molecule has 4 heteroatoms. The Morgan fingerprint density at radius 3 is 2.62 bits per heavy atom. The van der Waals surface area contributed by atoms with Crippen LogP contribution in [0.15, 0.2) is 65.8 Å². The minimum absolute atomic E-state index is 0.213. The molecule has 4 nitrogen and oxygen atoms in total. The van der Waals surface area contributed by atoms with Crippen molar-refractivity contribution >= 4 is 16.9 Å². The van der Waals surface area contributed by atoms with E-state index in [2.05, 4.69) is 82.3 Å². The SMILES string of the molecule is CN=C(NCCc1c[nH]c2ccccc12)NC(C)c1ccccc1. The standard InChI is InChI=1S/C20H24N4/c1-15(16-8-4-3-5-9-16)24-20(21-2)22-13-12-17-14-23-19-11-7-6-10-18(17)19/h3-11,14-15,23H,12-13H2,1-2H3,(H2,21,22,24). The van der Waals surface area contributed by atoms with E-state index >= 15 is 0 Å². The average Bonchev–Trinajstić information content (AvgIpc) is 3.05. The van der Waals surface area contributed by atoms with Gasteiger partial charge in [-0.05, 0) is 30.5 Å². The van der Waals surface area contributed by atoms with Crippen molar-refractivity contribution in [2.24, 2.45) is 4.99 Å². The second kappa shape index (κ2) is 7.68. The lowest BCUT2D eigenvalue weighted by atomic mass is 10.1. The molecule has 0 bridgehead atoms. The van der Waals surface area contributed by atoms with Crippen molar-refractivity contribution in [1.82, 2.24) is 15.6 Å². The summed E-state index contributed by atoms with van der Waals surface area (Å²) >= 11 is 0. The topological polar surface area (TPSA) is 52.2 Å². The normalized spacial score (nSPS) is 13.0. The highest BCUT2D eigenvalue weighted by atomic mass is 15.2. The van der Waals surface area contributed by atoms with E-state index in [1.54, 1.807) is 7.05 Å². The molecule has 0 aliphatic carbocycles. The van der Waals surface area contributed by atoms with Gasteiger partial charge in [0.15, 0.2) is 5.96 Å². The maximum atomic E-state index is 4.32. The predicted molar refractivity (Wildman–Crippen MR) is 101 cm³/mol. The predicted octanol–water partition coefficient (Wildman–Crippen LogP) is 3.64. The molecule has 0 radical (unpaired) electrons. The van der Waals surface area contributed by atoms with Crippen LogP contribution in [0.4, 0.5) is 0 Å². The number of H-pyrrole nitrogens is 1. The lowest BCUT2D eigenvalue weighted by Crippen LogP contribution is -2.39. The fourth-order valence-corrected chi connectivity index (χ4v) is 2.88. The van der Waals surface area contributed by atoms with Gasteiger partial charge in [-0.25, -0.2) is 0 Å². The van der Waals surface area contributed by atoms with Crippen LogP contribution in [0.3, 0.4) is 0 Å². The van der Waals surface area contributed by atoms with Crippen molar-refractivity contribution in [3.05, 3.63) is 71.9 Å². The summed E-state index contributed by atoms with van der Waals surface area (Å²) in [6, 6.07) is 19.0. The molecule has 3 N–H and O–H groups in total. The van der Waals surface area contributed by atoms with E-state index in [1.807, 2.05) is 6.07 Å². The minimum Gasteiger partial charge on any atom is -0.361 e. The van der Waals surface area contributed by atoms with E-state index in [1.165, 1.54) is 22.0 Å². The molecule has 0 saturated heterocycles. The van der Waals surface area contributed by atoms with Gasteiger partial charge in [-0.1, -0.05) is 48.5 Å². The first kappa shape index (κ1) is 16.1. The fraction of sp³-hybridized carbons (Fsp3) is 0.250. The van der Waals surface area contributed by atoms with Gasteiger partial charge >= 0.3 is 0 Å². The van der Waals surface area contributed by atoms with Crippen LogP contribution in [-0.4, -0.2) is 24.5 Å². The molecule has 0 amide bonds. The number of aliphatic imine (C=N–C) groups is 1. The summed E-state index contributed by atoms with van der Waals surface area (Å²) in [6.07, 6.45) is 3.04. The number of hydrogen-bond acceptors (Lipinski definition) is 1. The Morgan fingerprint density at radius 2 is 1.83 bits per heavy atom. The quantitative estimate of drug-likeness (QED) is 0.496. The Labute approximate surface area is 143 Å². The molecule has 3 rings (SSSR count). The molecule has 1 unspecified atom stereocenters. The Kier molecular flexibility index (Phi) is 5.16. The van der Waals surface area contributed by atoms with Gasteiger partial charge in [0, 0.05) is 30.7 Å². The summed E-state index contributed by atoms with van der Waals surface area (Å²) in [5.41, 5.74) is 3.76. The number of fused-ring (bicyclic) bond motifs is 1. The number of nitrogens with one attached hydrogen (secondary N) is 3. The van der Waals surface area contributed by atoms with E-state index in [0.29, 0.717) is 0 Å². The van der Waals surface area contributed by atoms with Gasteiger partial charge in [0.05, 0.1) is 6.04 Å². The molecular formula is C20H24N4. The van der Waals surface area contributed by atoms with E-state index in [-0.39, 0.29) is 6.04 Å². The molecule has 0 aliphatic rings. The largest absolute Gasteiger partial charge is 0.361 e. The minimum atomic E-state index is 0.213. The van der Waals surface area contributed by atoms with Crippen LogP contribution in [0.5, 0.6) is 0 Å². The van der Waals surface area contributed by atoms with Crippen LogP contribution in [-0.2, 0) is 6.42 Å². The fourth-order valence-electron chi connectivity index (χ4n) is 2.88. The first-order valence-electron chi connectivity index (χ1n) is 8.35. The zero-order valence-electron chi connectivity index (χ0n) is 14.2. The van der Waals surface area contributed by atoms with Gasteiger partial charge in [0.1, 0.15) is 0 Å². The maximum Gasteiger partial charge on any atom is 0.191 e. The van der Waals surface area contributed by atoms with Crippen LogP contribution >= 0.6 is 0 Å². The van der Waals surface area contributed by atoms with E-state index in [4.69, 9.17) is 0 Å². The van der Waals surface area contributed by atoms with Crippen LogP contribution in [0.25, 0.3) is 10.9 Å². The number of guanidine groups is 1. The van der Waals surface area contributed by atoms with Crippen molar-refractivity contribution in [2.75, 3.05) is 13.6 Å². The van der Waals surface area contributed by atoms with Gasteiger partial charge in [0.2, 0.25) is 0 Å². The molecule has 3 aromatic rings. The van der Waals surface area contributed by atoms with Crippen molar-refractivity contribution < 1.29 is 0 Å². The summed E-state index contributed by atoms with van der Waals surface area (Å²) in [5.74, 6) is 0.825. The van der Waals surface area contributed by atoms with Gasteiger partial charge in [-0.15, -0.1) is 0 Å². The van der Waals surface area contributed by atoms with E-state index in [0.717, 1.165) is 18.9 Å². The monoisotopic (exact) mass is 320 g/mol. The number of aromatic nitrogens is 1. The van der Waals surface area contributed by atoms with Crippen molar-refractivity contribution in [2.45, 2.75) is 19.4 Å². The Balaban J connectivity index is 1.55. The molecular weight excluding hydrogens is 296 g/mol. The second-order valence-corrected chi connectivity index (χ2v) is 5.89.